The number of halogens is 3. The molecule has 3 nitrogen and oxygen atoms in total. The van der Waals surface area contributed by atoms with Gasteiger partial charge in [-0.05, 0) is 26.0 Å². The third-order valence-corrected chi connectivity index (χ3v) is 3.82. The zero-order chi connectivity index (χ0) is 13.4. The Morgan fingerprint density at radius 3 is 2.39 bits per heavy atom. The molecule has 1 aromatic carbocycles. The number of aryl methyl sites for hydroxylation is 1. The minimum atomic E-state index is -0.985. The highest BCUT2D eigenvalue weighted by Gasteiger charge is 2.19. The van der Waals surface area contributed by atoms with Gasteiger partial charge in [-0.15, -0.1) is 0 Å². The molecule has 0 saturated carbocycles. The van der Waals surface area contributed by atoms with Crippen molar-refractivity contribution in [3.05, 3.63) is 50.2 Å². The molecule has 2 rings (SSSR count). The molecule has 0 spiro atoms. The van der Waals surface area contributed by atoms with Crippen molar-refractivity contribution < 1.29 is 5.11 Å². The van der Waals surface area contributed by atoms with Crippen LogP contribution in [0.25, 0.3) is 0 Å². The molecule has 18 heavy (non-hydrogen) atoms. The number of rotatable bonds is 2. The van der Waals surface area contributed by atoms with Crippen LogP contribution in [-0.4, -0.2) is 14.9 Å². The quantitative estimate of drug-likeness (QED) is 0.910. The van der Waals surface area contributed by atoms with Crippen LogP contribution in [0.3, 0.4) is 0 Å². The molecule has 0 aliphatic rings. The predicted molar refractivity (Wildman–Crippen MR) is 73.5 cm³/mol. The SMILES string of the molecule is Cc1nn(C(O)c2ccc(Cl)cc2Cl)c(C)c1Cl. The summed E-state index contributed by atoms with van der Waals surface area (Å²) in [6, 6.07) is 4.91. The van der Waals surface area contributed by atoms with Crippen LogP contribution < -0.4 is 0 Å². The summed E-state index contributed by atoms with van der Waals surface area (Å²) < 4.78 is 1.44. The molecule has 0 bridgehead atoms. The summed E-state index contributed by atoms with van der Waals surface area (Å²) >= 11 is 17.9. The van der Waals surface area contributed by atoms with E-state index in [4.69, 9.17) is 34.8 Å². The van der Waals surface area contributed by atoms with Crippen LogP contribution in [0.15, 0.2) is 18.2 Å². The monoisotopic (exact) mass is 304 g/mol. The first-order valence-electron chi connectivity index (χ1n) is 5.26. The van der Waals surface area contributed by atoms with Gasteiger partial charge in [0.1, 0.15) is 0 Å². The number of hydrogen-bond acceptors (Lipinski definition) is 2. The molecular weight excluding hydrogens is 295 g/mol. The Kier molecular flexibility index (Phi) is 3.87. The molecule has 0 fully saturated rings. The molecule has 0 radical (unpaired) electrons. The highest BCUT2D eigenvalue weighted by molar-refractivity contribution is 6.35. The first-order valence-corrected chi connectivity index (χ1v) is 6.39. The summed E-state index contributed by atoms with van der Waals surface area (Å²) in [5, 5.41) is 15.9. The second-order valence-electron chi connectivity index (χ2n) is 3.97. The molecule has 96 valence electrons. The van der Waals surface area contributed by atoms with E-state index in [1.54, 1.807) is 32.0 Å². The molecule has 6 heteroatoms. The minimum absolute atomic E-state index is 0.388. The fourth-order valence-electron chi connectivity index (χ4n) is 1.72. The normalized spacial score (nSPS) is 12.8. The van der Waals surface area contributed by atoms with Gasteiger partial charge in [0.25, 0.3) is 0 Å². The maximum Gasteiger partial charge on any atom is 0.174 e. The lowest BCUT2D eigenvalue weighted by molar-refractivity contribution is 0.129. The van der Waals surface area contributed by atoms with Gasteiger partial charge in [-0.25, -0.2) is 4.68 Å². The zero-order valence-electron chi connectivity index (χ0n) is 9.78. The summed E-state index contributed by atoms with van der Waals surface area (Å²) in [4.78, 5) is 0. The Balaban J connectivity index is 2.47. The Labute approximate surface area is 120 Å². The van der Waals surface area contributed by atoms with Crippen molar-refractivity contribution in [2.45, 2.75) is 20.1 Å². The number of nitrogens with zero attached hydrogens (tertiary/aromatic N) is 2. The van der Waals surface area contributed by atoms with Crippen molar-refractivity contribution in [3.63, 3.8) is 0 Å². The Hall–Kier alpha value is -0.740. The highest BCUT2D eigenvalue weighted by atomic mass is 35.5. The number of aliphatic hydroxyl groups is 1. The van der Waals surface area contributed by atoms with Gasteiger partial charge in [-0.3, -0.25) is 0 Å². The van der Waals surface area contributed by atoms with Crippen molar-refractivity contribution in [2.24, 2.45) is 0 Å². The Morgan fingerprint density at radius 1 is 1.22 bits per heavy atom. The standard InChI is InChI=1S/C12H11Cl3N2O/c1-6-11(15)7(2)17(16-6)12(18)9-4-3-8(13)5-10(9)14/h3-5,12,18H,1-2H3. The minimum Gasteiger partial charge on any atom is -0.368 e. The van der Waals surface area contributed by atoms with E-state index in [0.29, 0.717) is 32.0 Å². The second-order valence-corrected chi connectivity index (χ2v) is 5.19. The topological polar surface area (TPSA) is 38.0 Å². The summed E-state index contributed by atoms with van der Waals surface area (Å²) in [6.07, 6.45) is -0.985. The fraction of sp³-hybridized carbons (Fsp3) is 0.250. The molecule has 0 amide bonds. The van der Waals surface area contributed by atoms with Gasteiger partial charge >= 0.3 is 0 Å². The molecule has 0 aliphatic carbocycles. The average molecular weight is 306 g/mol. The third-order valence-electron chi connectivity index (χ3n) is 2.71. The number of aromatic nitrogens is 2. The Morgan fingerprint density at radius 2 is 1.89 bits per heavy atom. The van der Waals surface area contributed by atoms with Crippen molar-refractivity contribution in [1.82, 2.24) is 9.78 Å². The maximum atomic E-state index is 10.3. The third kappa shape index (κ3) is 2.36. The van der Waals surface area contributed by atoms with E-state index in [-0.39, 0.29) is 0 Å². The van der Waals surface area contributed by atoms with Gasteiger partial charge in [-0.1, -0.05) is 40.9 Å². The molecule has 1 aromatic heterocycles. The predicted octanol–water partition coefficient (Wildman–Crippen LogP) is 4.00. The van der Waals surface area contributed by atoms with E-state index in [2.05, 4.69) is 5.10 Å². The Bertz CT molecular complexity index is 595. The number of hydrogen-bond donors (Lipinski definition) is 1. The van der Waals surface area contributed by atoms with Gasteiger partial charge in [0.2, 0.25) is 0 Å². The second kappa shape index (κ2) is 5.10. The summed E-state index contributed by atoms with van der Waals surface area (Å²) in [6.45, 7) is 3.57. The molecule has 0 aliphatic heterocycles. The van der Waals surface area contributed by atoms with Crippen LogP contribution >= 0.6 is 34.8 Å². The molecule has 0 saturated heterocycles. The highest BCUT2D eigenvalue weighted by Crippen LogP contribution is 2.30. The van der Waals surface area contributed by atoms with Crippen molar-refractivity contribution in [1.29, 1.82) is 0 Å². The fourth-order valence-corrected chi connectivity index (χ4v) is 2.35. The van der Waals surface area contributed by atoms with Gasteiger partial charge in [0, 0.05) is 15.6 Å². The summed E-state index contributed by atoms with van der Waals surface area (Å²) in [7, 11) is 0. The smallest absolute Gasteiger partial charge is 0.174 e. The van der Waals surface area contributed by atoms with Crippen LogP contribution in [0.5, 0.6) is 0 Å². The number of aliphatic hydroxyl groups excluding tert-OH is 1. The van der Waals surface area contributed by atoms with E-state index >= 15 is 0 Å². The van der Waals surface area contributed by atoms with E-state index in [0.717, 1.165) is 0 Å². The zero-order valence-corrected chi connectivity index (χ0v) is 12.1. The molecule has 2 aromatic rings. The van der Waals surface area contributed by atoms with Gasteiger partial charge < -0.3 is 5.11 Å². The molecule has 1 heterocycles. The van der Waals surface area contributed by atoms with Crippen molar-refractivity contribution in [2.75, 3.05) is 0 Å². The lowest BCUT2D eigenvalue weighted by Crippen LogP contribution is -2.13. The van der Waals surface area contributed by atoms with Crippen LogP contribution in [0, 0.1) is 13.8 Å². The van der Waals surface area contributed by atoms with Gasteiger partial charge in [-0.2, -0.15) is 5.10 Å². The van der Waals surface area contributed by atoms with Crippen molar-refractivity contribution in [3.8, 4) is 0 Å². The maximum absolute atomic E-state index is 10.3. The molecule has 1 unspecified atom stereocenters. The average Bonchev–Trinajstić information content (AvgIpc) is 2.56. The van der Waals surface area contributed by atoms with Gasteiger partial charge in [0.05, 0.1) is 16.4 Å². The molecular formula is C12H11Cl3N2O. The van der Waals surface area contributed by atoms with Crippen LogP contribution in [0.1, 0.15) is 23.2 Å². The van der Waals surface area contributed by atoms with E-state index < -0.39 is 6.23 Å². The molecule has 1 atom stereocenters. The summed E-state index contributed by atoms with van der Waals surface area (Å²) in [5.74, 6) is 0. The van der Waals surface area contributed by atoms with Crippen LogP contribution in [0.2, 0.25) is 15.1 Å². The van der Waals surface area contributed by atoms with E-state index in [1.807, 2.05) is 0 Å². The summed E-state index contributed by atoms with van der Waals surface area (Å²) in [5.41, 5.74) is 1.88. The lowest BCUT2D eigenvalue weighted by atomic mass is 10.2. The van der Waals surface area contributed by atoms with Gasteiger partial charge in [0.15, 0.2) is 6.23 Å². The largest absolute Gasteiger partial charge is 0.368 e. The number of benzene rings is 1. The van der Waals surface area contributed by atoms with Crippen LogP contribution in [-0.2, 0) is 0 Å². The first-order chi connectivity index (χ1) is 8.41. The van der Waals surface area contributed by atoms with Crippen LogP contribution in [0.4, 0.5) is 0 Å². The van der Waals surface area contributed by atoms with Crippen molar-refractivity contribution >= 4 is 34.8 Å². The van der Waals surface area contributed by atoms with E-state index in [9.17, 15) is 5.11 Å². The lowest BCUT2D eigenvalue weighted by Gasteiger charge is -2.15. The first kappa shape index (κ1) is 13.7. The van der Waals surface area contributed by atoms with E-state index in [1.165, 1.54) is 4.68 Å². The molecule has 1 N–H and O–H groups in total.